The molecule has 2 heterocycles. The van der Waals surface area contributed by atoms with Gasteiger partial charge >= 0.3 is 0 Å². The highest BCUT2D eigenvalue weighted by Crippen LogP contribution is 2.24. The minimum atomic E-state index is -0.311. The molecule has 3 rings (SSSR count). The van der Waals surface area contributed by atoms with Gasteiger partial charge in [-0.3, -0.25) is 4.79 Å². The van der Waals surface area contributed by atoms with Crippen molar-refractivity contribution in [2.45, 2.75) is 19.4 Å². The van der Waals surface area contributed by atoms with Crippen LogP contribution in [0.1, 0.15) is 18.9 Å². The van der Waals surface area contributed by atoms with Crippen LogP contribution in [0.5, 0.6) is 0 Å². The maximum Gasteiger partial charge on any atom is 0.217 e. The molecule has 1 amide bonds. The van der Waals surface area contributed by atoms with Gasteiger partial charge in [-0.2, -0.15) is 0 Å². The number of guanidine groups is 1. The number of halogens is 1. The summed E-state index contributed by atoms with van der Waals surface area (Å²) in [5.74, 6) is 5.05. The lowest BCUT2D eigenvalue weighted by Gasteiger charge is -2.36. The van der Waals surface area contributed by atoms with Gasteiger partial charge in [0.1, 0.15) is 11.9 Å². The molecule has 0 bridgehead atoms. The third-order valence-electron chi connectivity index (χ3n) is 4.67. The van der Waals surface area contributed by atoms with E-state index >= 15 is 0 Å². The highest BCUT2D eigenvalue weighted by atomic mass is 19.1. The molecule has 5 N–H and O–H groups in total. The fraction of sp³-hybridized carbons (Fsp3) is 0.471. The number of nitrogens with zero attached hydrogens (tertiary/aromatic N) is 4. The first-order valence-corrected chi connectivity index (χ1v) is 8.78. The van der Waals surface area contributed by atoms with Crippen molar-refractivity contribution >= 4 is 23.3 Å². The van der Waals surface area contributed by atoms with E-state index < -0.39 is 0 Å². The molecule has 146 valence electrons. The molecule has 27 heavy (non-hydrogen) atoms. The number of nitrogens with two attached hydrogens (primary N) is 2. The highest BCUT2D eigenvalue weighted by Gasteiger charge is 2.25. The van der Waals surface area contributed by atoms with Crippen molar-refractivity contribution in [3.05, 3.63) is 29.6 Å². The maximum atomic E-state index is 14.7. The molecule has 1 unspecified atom stereocenters. The van der Waals surface area contributed by atoms with Crippen LogP contribution in [0.4, 0.5) is 10.1 Å². The van der Waals surface area contributed by atoms with Crippen LogP contribution >= 0.6 is 0 Å². The van der Waals surface area contributed by atoms with Crippen LogP contribution in [-0.4, -0.2) is 61.3 Å². The molecule has 10 heteroatoms. The number of hydrazone groups is 1. The molecule has 0 saturated carbocycles. The lowest BCUT2D eigenvalue weighted by Crippen LogP contribution is -2.51. The Labute approximate surface area is 156 Å². The molecule has 0 spiro atoms. The van der Waals surface area contributed by atoms with Crippen LogP contribution in [0.3, 0.4) is 0 Å². The Balaban J connectivity index is 1.61. The number of anilines is 1. The molecule has 1 fully saturated rings. The molecule has 2 aliphatic rings. The quantitative estimate of drug-likeness (QED) is 0.288. The second-order valence-corrected chi connectivity index (χ2v) is 6.53. The molecule has 0 aliphatic carbocycles. The van der Waals surface area contributed by atoms with Gasteiger partial charge in [0.25, 0.3) is 0 Å². The van der Waals surface area contributed by atoms with E-state index in [0.29, 0.717) is 62.1 Å². The predicted octanol–water partition coefficient (Wildman–Crippen LogP) is -0.235. The van der Waals surface area contributed by atoms with Gasteiger partial charge in [-0.25, -0.2) is 4.39 Å². The number of piperazine rings is 1. The van der Waals surface area contributed by atoms with Crippen molar-refractivity contribution in [1.82, 2.24) is 10.2 Å². The van der Waals surface area contributed by atoms with Crippen LogP contribution in [0, 0.1) is 5.82 Å². The van der Waals surface area contributed by atoms with Gasteiger partial charge in [0.15, 0.2) is 0 Å². The van der Waals surface area contributed by atoms with Gasteiger partial charge < -0.3 is 31.5 Å². The van der Waals surface area contributed by atoms with Gasteiger partial charge in [0.05, 0.1) is 17.9 Å². The number of hydrogen-bond donors (Lipinski definition) is 3. The zero-order valence-electron chi connectivity index (χ0n) is 15.2. The number of nitrogens with one attached hydrogen (secondary N) is 1. The first-order valence-electron chi connectivity index (χ1n) is 8.78. The van der Waals surface area contributed by atoms with Crippen molar-refractivity contribution < 1.29 is 14.0 Å². The third kappa shape index (κ3) is 4.39. The van der Waals surface area contributed by atoms with Crippen molar-refractivity contribution in [2.24, 2.45) is 21.8 Å². The van der Waals surface area contributed by atoms with Gasteiger partial charge in [0.2, 0.25) is 11.9 Å². The highest BCUT2D eigenvalue weighted by molar-refractivity contribution is 6.01. The first kappa shape index (κ1) is 18.7. The second kappa shape index (κ2) is 8.11. The normalized spacial score (nSPS) is 20.3. The number of carbonyl (C=O) groups is 1. The Bertz CT molecular complexity index is 760. The standard InChI is InChI=1S/C17H24FN7O2/c1-11(26)21-10-13-9-15(23-27-13)12-2-3-16(14(18)8-12)24-4-6-25(7-5-24)17(19)22-20/h2-3,8,13H,4-7,9-10,20H2,1H3,(H2,19,22)(H,21,26). The summed E-state index contributed by atoms with van der Waals surface area (Å²) in [5.41, 5.74) is 7.60. The Hall–Kier alpha value is -3.04. The molecule has 2 aliphatic heterocycles. The van der Waals surface area contributed by atoms with E-state index in [0.717, 1.165) is 0 Å². The van der Waals surface area contributed by atoms with Crippen LogP contribution in [0.25, 0.3) is 0 Å². The molecule has 1 aromatic rings. The largest absolute Gasteiger partial charge is 0.390 e. The Morgan fingerprint density at radius 3 is 2.78 bits per heavy atom. The molecule has 1 atom stereocenters. The molecule has 1 aromatic carbocycles. The van der Waals surface area contributed by atoms with E-state index in [-0.39, 0.29) is 17.8 Å². The smallest absolute Gasteiger partial charge is 0.217 e. The summed E-state index contributed by atoms with van der Waals surface area (Å²) in [6, 6.07) is 5.06. The number of carbonyl (C=O) groups excluding carboxylic acids is 1. The molecule has 0 aromatic heterocycles. The summed E-state index contributed by atoms with van der Waals surface area (Å²) in [7, 11) is 0. The van der Waals surface area contributed by atoms with Crippen molar-refractivity contribution in [3.63, 3.8) is 0 Å². The SMILES string of the molecule is CC(=O)NCC1CC(c2ccc(N3CCN(/C(N)=N/N)CC3)c(F)c2)=NO1. The average Bonchev–Trinajstić information content (AvgIpc) is 3.15. The van der Waals surface area contributed by atoms with Crippen molar-refractivity contribution in [3.8, 4) is 0 Å². The minimum Gasteiger partial charge on any atom is -0.390 e. The van der Waals surface area contributed by atoms with Crippen LogP contribution in [0.15, 0.2) is 28.5 Å². The lowest BCUT2D eigenvalue weighted by molar-refractivity contribution is -0.119. The Morgan fingerprint density at radius 2 is 2.15 bits per heavy atom. The second-order valence-electron chi connectivity index (χ2n) is 6.53. The Kier molecular flexibility index (Phi) is 5.63. The van der Waals surface area contributed by atoms with Crippen molar-refractivity contribution in [2.75, 3.05) is 37.6 Å². The van der Waals surface area contributed by atoms with Crippen LogP contribution < -0.4 is 21.8 Å². The van der Waals surface area contributed by atoms with Crippen LogP contribution in [0.2, 0.25) is 0 Å². The van der Waals surface area contributed by atoms with E-state index in [1.807, 2.05) is 15.9 Å². The van der Waals surface area contributed by atoms with Gasteiger partial charge in [-0.15, -0.1) is 5.10 Å². The zero-order chi connectivity index (χ0) is 19.4. The van der Waals surface area contributed by atoms with Crippen LogP contribution in [-0.2, 0) is 9.63 Å². The zero-order valence-corrected chi connectivity index (χ0v) is 15.2. The molecular formula is C17H24FN7O2. The molecule has 1 saturated heterocycles. The molecule has 0 radical (unpaired) electrons. The number of hydrogen-bond acceptors (Lipinski definition) is 6. The van der Waals surface area contributed by atoms with E-state index in [1.54, 1.807) is 6.07 Å². The summed E-state index contributed by atoms with van der Waals surface area (Å²) < 4.78 is 14.7. The Morgan fingerprint density at radius 1 is 1.41 bits per heavy atom. The fourth-order valence-electron chi connectivity index (χ4n) is 3.17. The van der Waals surface area contributed by atoms with Crippen molar-refractivity contribution in [1.29, 1.82) is 0 Å². The summed E-state index contributed by atoms with van der Waals surface area (Å²) in [6.07, 6.45) is 0.296. The topological polar surface area (TPSA) is 122 Å². The number of rotatable bonds is 4. The first-order chi connectivity index (χ1) is 13.0. The lowest BCUT2D eigenvalue weighted by atomic mass is 10.0. The predicted molar refractivity (Wildman–Crippen MR) is 101 cm³/mol. The van der Waals surface area contributed by atoms with Gasteiger partial charge in [0, 0.05) is 45.1 Å². The monoisotopic (exact) mass is 377 g/mol. The maximum absolute atomic E-state index is 14.7. The summed E-state index contributed by atoms with van der Waals surface area (Å²) in [6.45, 7) is 4.31. The van der Waals surface area contributed by atoms with E-state index in [9.17, 15) is 9.18 Å². The molecular weight excluding hydrogens is 353 g/mol. The van der Waals surface area contributed by atoms with E-state index in [1.165, 1.54) is 13.0 Å². The average molecular weight is 377 g/mol. The van der Waals surface area contributed by atoms with E-state index in [2.05, 4.69) is 15.6 Å². The number of oxime groups is 1. The van der Waals surface area contributed by atoms with Gasteiger partial charge in [-0.1, -0.05) is 11.2 Å². The number of amides is 1. The van der Waals surface area contributed by atoms with Gasteiger partial charge in [-0.05, 0) is 12.1 Å². The third-order valence-corrected chi connectivity index (χ3v) is 4.67. The summed E-state index contributed by atoms with van der Waals surface area (Å²) in [4.78, 5) is 20.1. The van der Waals surface area contributed by atoms with E-state index in [4.69, 9.17) is 16.4 Å². The summed E-state index contributed by atoms with van der Waals surface area (Å²) >= 11 is 0. The number of benzene rings is 1. The molecule has 9 nitrogen and oxygen atoms in total. The fourth-order valence-corrected chi connectivity index (χ4v) is 3.17. The minimum absolute atomic E-state index is 0.123. The summed E-state index contributed by atoms with van der Waals surface area (Å²) in [5, 5.41) is 10.2.